The number of carboxylic acids is 1. The average Bonchev–Trinajstić information content (AvgIpc) is 3.24. The molecule has 0 aliphatic carbocycles. The summed E-state index contributed by atoms with van der Waals surface area (Å²) < 4.78 is 7.36. The van der Waals surface area contributed by atoms with E-state index in [0.29, 0.717) is 13.1 Å². The number of aryl methyl sites for hydroxylation is 2. The van der Waals surface area contributed by atoms with Crippen LogP contribution in [0.5, 0.6) is 5.75 Å². The molecule has 172 valence electrons. The zero-order valence-electron chi connectivity index (χ0n) is 19.3. The SMILES string of the molecule is COc1ccc2nccc(CCC[C@@H]3CCN(CC#Cc4cccn4C)C[C@@H]3C(=O)O)c2c1. The number of carboxylic acid groups (broad SMARTS) is 1. The predicted molar refractivity (Wildman–Crippen MR) is 129 cm³/mol. The van der Waals surface area contributed by atoms with Crippen molar-refractivity contribution in [1.82, 2.24) is 14.5 Å². The van der Waals surface area contributed by atoms with Crippen LogP contribution < -0.4 is 4.74 Å². The van der Waals surface area contributed by atoms with E-state index >= 15 is 0 Å². The van der Waals surface area contributed by atoms with Gasteiger partial charge in [0.25, 0.3) is 0 Å². The van der Waals surface area contributed by atoms with Crippen molar-refractivity contribution in [2.75, 3.05) is 26.7 Å². The Kier molecular flexibility index (Phi) is 7.31. The van der Waals surface area contributed by atoms with Gasteiger partial charge in [0.05, 0.1) is 30.8 Å². The molecule has 2 atom stereocenters. The zero-order valence-corrected chi connectivity index (χ0v) is 19.3. The molecule has 6 nitrogen and oxygen atoms in total. The fraction of sp³-hybridized carbons (Fsp3) is 0.407. The van der Waals surface area contributed by atoms with Crippen LogP contribution >= 0.6 is 0 Å². The van der Waals surface area contributed by atoms with Gasteiger partial charge in [-0.25, -0.2) is 0 Å². The smallest absolute Gasteiger partial charge is 0.308 e. The van der Waals surface area contributed by atoms with Gasteiger partial charge in [-0.05, 0) is 86.0 Å². The third-order valence-electron chi connectivity index (χ3n) is 6.68. The summed E-state index contributed by atoms with van der Waals surface area (Å²) in [5, 5.41) is 11.0. The molecule has 2 aromatic heterocycles. The van der Waals surface area contributed by atoms with Crippen molar-refractivity contribution in [2.24, 2.45) is 18.9 Å². The van der Waals surface area contributed by atoms with Crippen LogP contribution in [0.15, 0.2) is 48.8 Å². The van der Waals surface area contributed by atoms with E-state index in [0.717, 1.165) is 54.6 Å². The number of hydrogen-bond acceptors (Lipinski definition) is 4. The Morgan fingerprint density at radius 3 is 2.94 bits per heavy atom. The molecule has 3 heterocycles. The molecule has 1 saturated heterocycles. The quantitative estimate of drug-likeness (QED) is 0.557. The van der Waals surface area contributed by atoms with Gasteiger partial charge < -0.3 is 14.4 Å². The zero-order chi connectivity index (χ0) is 23.2. The first-order chi connectivity index (χ1) is 16.0. The number of aliphatic carboxylic acids is 1. The summed E-state index contributed by atoms with van der Waals surface area (Å²) >= 11 is 0. The molecule has 1 aliphatic heterocycles. The van der Waals surface area contributed by atoms with Crippen molar-refractivity contribution in [2.45, 2.75) is 25.7 Å². The largest absolute Gasteiger partial charge is 0.497 e. The molecule has 33 heavy (non-hydrogen) atoms. The van der Waals surface area contributed by atoms with E-state index in [1.54, 1.807) is 7.11 Å². The molecule has 0 amide bonds. The molecule has 1 fully saturated rings. The number of aromatic nitrogens is 2. The molecular weight excluding hydrogens is 414 g/mol. The normalized spacial score (nSPS) is 18.6. The van der Waals surface area contributed by atoms with E-state index in [2.05, 4.69) is 27.8 Å². The van der Waals surface area contributed by atoms with E-state index in [1.165, 1.54) is 5.56 Å². The van der Waals surface area contributed by atoms with Gasteiger partial charge in [0.15, 0.2) is 0 Å². The standard InChI is InChI=1S/C27H31N3O3/c1-29-15-4-8-22(29)9-5-16-30-17-13-21(25(19-30)27(31)32)7-3-6-20-12-14-28-26-11-10-23(33-2)18-24(20)26/h4,8,10-12,14-15,18,21,25H,3,6-7,13,16-17,19H2,1-2H3,(H,31,32)/t21-,25+/m1/s1. The lowest BCUT2D eigenvalue weighted by Gasteiger charge is -2.35. The fourth-order valence-electron chi connectivity index (χ4n) is 4.75. The maximum Gasteiger partial charge on any atom is 0.308 e. The highest BCUT2D eigenvalue weighted by Crippen LogP contribution is 2.30. The highest BCUT2D eigenvalue weighted by atomic mass is 16.5. The minimum Gasteiger partial charge on any atom is -0.497 e. The number of pyridine rings is 1. The van der Waals surface area contributed by atoms with Crippen LogP contribution in [0.3, 0.4) is 0 Å². The summed E-state index contributed by atoms with van der Waals surface area (Å²) in [7, 11) is 3.64. The van der Waals surface area contributed by atoms with Gasteiger partial charge in [-0.3, -0.25) is 14.7 Å². The Bertz CT molecular complexity index is 1170. The number of ether oxygens (including phenoxy) is 1. The summed E-state index contributed by atoms with van der Waals surface area (Å²) in [5.74, 6) is 6.37. The summed E-state index contributed by atoms with van der Waals surface area (Å²) in [6.07, 6.45) is 7.49. The minimum atomic E-state index is -0.695. The van der Waals surface area contributed by atoms with Gasteiger partial charge in [0, 0.05) is 31.4 Å². The number of methoxy groups -OCH3 is 1. The van der Waals surface area contributed by atoms with Gasteiger partial charge in [0.1, 0.15) is 5.75 Å². The summed E-state index contributed by atoms with van der Waals surface area (Å²) in [6, 6.07) is 12.0. The summed E-state index contributed by atoms with van der Waals surface area (Å²) in [5.41, 5.74) is 3.17. The van der Waals surface area contributed by atoms with Crippen LogP contribution in [0.4, 0.5) is 0 Å². The maximum atomic E-state index is 12.0. The third kappa shape index (κ3) is 5.55. The molecule has 0 spiro atoms. The van der Waals surface area contributed by atoms with Gasteiger partial charge in [-0.2, -0.15) is 0 Å². The number of hydrogen-bond donors (Lipinski definition) is 1. The molecule has 6 heteroatoms. The number of rotatable bonds is 7. The third-order valence-corrected chi connectivity index (χ3v) is 6.68. The molecule has 4 rings (SSSR count). The second-order valence-corrected chi connectivity index (χ2v) is 8.78. The first kappa shape index (κ1) is 22.9. The summed E-state index contributed by atoms with van der Waals surface area (Å²) in [4.78, 5) is 18.6. The van der Waals surface area contributed by atoms with E-state index < -0.39 is 5.97 Å². The van der Waals surface area contributed by atoms with Crippen LogP contribution in [0.2, 0.25) is 0 Å². The Morgan fingerprint density at radius 2 is 2.18 bits per heavy atom. The number of fused-ring (bicyclic) bond motifs is 1. The summed E-state index contributed by atoms with van der Waals surface area (Å²) in [6.45, 7) is 2.06. The molecular formula is C27H31N3O3. The minimum absolute atomic E-state index is 0.197. The molecule has 0 bridgehead atoms. The van der Waals surface area contributed by atoms with E-state index in [4.69, 9.17) is 4.74 Å². The van der Waals surface area contributed by atoms with Crippen LogP contribution in [0, 0.1) is 23.7 Å². The average molecular weight is 446 g/mol. The van der Waals surface area contributed by atoms with Crippen molar-refractivity contribution in [1.29, 1.82) is 0 Å². The fourth-order valence-corrected chi connectivity index (χ4v) is 4.75. The van der Waals surface area contributed by atoms with Crippen LogP contribution in [0.1, 0.15) is 30.5 Å². The topological polar surface area (TPSA) is 67.6 Å². The Labute approximate surface area is 195 Å². The highest BCUT2D eigenvalue weighted by molar-refractivity contribution is 5.83. The Hall–Kier alpha value is -3.30. The van der Waals surface area contributed by atoms with E-state index in [9.17, 15) is 9.90 Å². The number of piperidine rings is 1. The second kappa shape index (κ2) is 10.5. The number of benzene rings is 1. The second-order valence-electron chi connectivity index (χ2n) is 8.78. The van der Waals surface area contributed by atoms with Gasteiger partial charge in [-0.1, -0.05) is 5.92 Å². The molecule has 0 saturated carbocycles. The molecule has 1 aromatic carbocycles. The van der Waals surface area contributed by atoms with Crippen molar-refractivity contribution < 1.29 is 14.6 Å². The first-order valence-electron chi connectivity index (χ1n) is 11.5. The maximum absolute atomic E-state index is 12.0. The van der Waals surface area contributed by atoms with Crippen LogP contribution in [0.25, 0.3) is 10.9 Å². The number of carbonyl (C=O) groups is 1. The predicted octanol–water partition coefficient (Wildman–Crippen LogP) is 3.98. The van der Waals surface area contributed by atoms with Crippen molar-refractivity contribution in [3.63, 3.8) is 0 Å². The lowest BCUT2D eigenvalue weighted by atomic mass is 9.81. The van der Waals surface area contributed by atoms with Gasteiger partial charge in [0.2, 0.25) is 0 Å². The van der Waals surface area contributed by atoms with Crippen LogP contribution in [-0.4, -0.2) is 52.3 Å². The lowest BCUT2D eigenvalue weighted by molar-refractivity contribution is -0.146. The monoisotopic (exact) mass is 445 g/mol. The molecule has 0 unspecified atom stereocenters. The Balaban J connectivity index is 1.34. The van der Waals surface area contributed by atoms with Crippen molar-refractivity contribution in [3.8, 4) is 17.6 Å². The highest BCUT2D eigenvalue weighted by Gasteiger charge is 2.33. The lowest BCUT2D eigenvalue weighted by Crippen LogP contribution is -2.44. The first-order valence-corrected chi connectivity index (χ1v) is 11.5. The Morgan fingerprint density at radius 1 is 1.30 bits per heavy atom. The van der Waals surface area contributed by atoms with Gasteiger partial charge >= 0.3 is 5.97 Å². The van der Waals surface area contributed by atoms with Crippen molar-refractivity contribution in [3.05, 3.63) is 60.0 Å². The molecule has 0 radical (unpaired) electrons. The molecule has 1 aliphatic rings. The number of likely N-dealkylation sites (tertiary alicyclic amines) is 1. The van der Waals surface area contributed by atoms with Crippen LogP contribution in [-0.2, 0) is 18.3 Å². The van der Waals surface area contributed by atoms with E-state index in [-0.39, 0.29) is 11.8 Å². The molecule has 1 N–H and O–H groups in total. The molecule has 3 aromatic rings. The number of nitrogens with zero attached hydrogens (tertiary/aromatic N) is 3. The van der Waals surface area contributed by atoms with E-state index in [1.807, 2.05) is 54.3 Å². The van der Waals surface area contributed by atoms with Crippen molar-refractivity contribution >= 4 is 16.9 Å². The van der Waals surface area contributed by atoms with Gasteiger partial charge in [-0.15, -0.1) is 0 Å².